The summed E-state index contributed by atoms with van der Waals surface area (Å²) in [5, 5.41) is 2.82. The number of thiophene rings is 1. The second-order valence-corrected chi connectivity index (χ2v) is 10.6. The number of aromatic nitrogens is 2. The van der Waals surface area contributed by atoms with Gasteiger partial charge < -0.3 is 10.3 Å². The van der Waals surface area contributed by atoms with Crippen molar-refractivity contribution < 1.29 is 18.4 Å². The molecule has 5 rings (SSSR count). The second kappa shape index (κ2) is 9.54. The number of imidazole rings is 1. The maximum absolute atomic E-state index is 12.9. The minimum Gasteiger partial charge on any atom is -0.328 e. The Bertz CT molecular complexity index is 1210. The van der Waals surface area contributed by atoms with Gasteiger partial charge in [-0.3, -0.25) is 14.9 Å². The number of ketones is 1. The summed E-state index contributed by atoms with van der Waals surface area (Å²) >= 11 is 0.776. The average Bonchev–Trinajstić information content (AvgIpc) is 3.42. The number of Topliss-reactive ketones (excluding diaryl/α,β-unsaturated/α-hetero) is 1. The molecular weight excluding hydrogens is 458 g/mol. The lowest BCUT2D eigenvalue weighted by Gasteiger charge is -2.34. The molecule has 6 nitrogen and oxygen atoms in total. The van der Waals surface area contributed by atoms with Crippen LogP contribution in [0, 0.1) is 5.92 Å². The van der Waals surface area contributed by atoms with Crippen molar-refractivity contribution in [2.45, 2.75) is 69.9 Å². The molecule has 1 aromatic carbocycles. The Morgan fingerprint density at radius 1 is 1.15 bits per heavy atom. The number of amides is 1. The smallest absolute Gasteiger partial charge is 0.272 e. The first-order valence-corrected chi connectivity index (χ1v) is 12.7. The standard InChI is InChI=1S/C25H28F2N4O2S/c26-23(27)21-8-9-22(34-21)24(33)30-25-29-18-10-14(11-20(32)15-4-2-1-3-5-15)6-7-19(18)31(25)17-12-16(28)13-17/h6-10,15-17,23H,1-5,11-13,28H2,(H,29,30,33). The van der Waals surface area contributed by atoms with Crippen molar-refractivity contribution in [3.8, 4) is 0 Å². The van der Waals surface area contributed by atoms with Crippen molar-refractivity contribution in [3.63, 3.8) is 0 Å². The van der Waals surface area contributed by atoms with Crippen LogP contribution in [0.25, 0.3) is 11.0 Å². The molecular formula is C25H28F2N4O2S. The van der Waals surface area contributed by atoms with Crippen LogP contribution in [0.4, 0.5) is 14.7 Å². The Labute approximate surface area is 200 Å². The summed E-state index contributed by atoms with van der Waals surface area (Å²) in [5.41, 5.74) is 8.49. The fourth-order valence-electron chi connectivity index (χ4n) is 5.08. The zero-order valence-corrected chi connectivity index (χ0v) is 19.6. The third-order valence-corrected chi connectivity index (χ3v) is 8.09. The van der Waals surface area contributed by atoms with Gasteiger partial charge in [0.05, 0.1) is 20.8 Å². The van der Waals surface area contributed by atoms with Crippen LogP contribution in [0.1, 0.15) is 77.5 Å². The predicted octanol–water partition coefficient (Wildman–Crippen LogP) is 5.64. The summed E-state index contributed by atoms with van der Waals surface area (Å²) in [6, 6.07) is 8.71. The molecule has 0 atom stereocenters. The van der Waals surface area contributed by atoms with E-state index in [1.54, 1.807) is 0 Å². The van der Waals surface area contributed by atoms with Gasteiger partial charge in [-0.15, -0.1) is 11.3 Å². The largest absolute Gasteiger partial charge is 0.328 e. The summed E-state index contributed by atoms with van der Waals surface area (Å²) in [6.07, 6.45) is 4.72. The highest BCUT2D eigenvalue weighted by Crippen LogP contribution is 2.37. The molecule has 2 fully saturated rings. The number of benzene rings is 1. The van der Waals surface area contributed by atoms with Crippen LogP contribution >= 0.6 is 11.3 Å². The van der Waals surface area contributed by atoms with Crippen LogP contribution in [0.5, 0.6) is 0 Å². The quantitative estimate of drug-likeness (QED) is 0.452. The Morgan fingerprint density at radius 3 is 2.59 bits per heavy atom. The lowest BCUT2D eigenvalue weighted by molar-refractivity contribution is -0.123. The van der Waals surface area contributed by atoms with Crippen molar-refractivity contribution in [1.29, 1.82) is 0 Å². The Kier molecular flexibility index (Phi) is 6.48. The highest BCUT2D eigenvalue weighted by Gasteiger charge is 2.31. The number of fused-ring (bicyclic) bond motifs is 1. The normalized spacial score (nSPS) is 21.1. The number of hydrogen-bond donors (Lipinski definition) is 2. The molecule has 0 unspecified atom stereocenters. The number of nitrogens with two attached hydrogens (primary N) is 1. The lowest BCUT2D eigenvalue weighted by Crippen LogP contribution is -2.38. The van der Waals surface area contributed by atoms with E-state index in [0.29, 0.717) is 17.9 Å². The fraction of sp³-hybridized carbons (Fsp3) is 0.480. The van der Waals surface area contributed by atoms with Crippen LogP contribution in [0.2, 0.25) is 0 Å². The highest BCUT2D eigenvalue weighted by molar-refractivity contribution is 7.14. The Balaban J connectivity index is 1.41. The van der Waals surface area contributed by atoms with E-state index < -0.39 is 12.3 Å². The van der Waals surface area contributed by atoms with Gasteiger partial charge >= 0.3 is 0 Å². The molecule has 34 heavy (non-hydrogen) atoms. The monoisotopic (exact) mass is 486 g/mol. The number of halogens is 2. The van der Waals surface area contributed by atoms with E-state index in [2.05, 4.69) is 10.3 Å². The average molecular weight is 487 g/mol. The van der Waals surface area contributed by atoms with Crippen molar-refractivity contribution in [2.75, 3.05) is 5.32 Å². The molecule has 2 saturated carbocycles. The van der Waals surface area contributed by atoms with Gasteiger partial charge in [0, 0.05) is 24.4 Å². The van der Waals surface area contributed by atoms with Gasteiger partial charge in [0.25, 0.3) is 12.3 Å². The summed E-state index contributed by atoms with van der Waals surface area (Å²) in [7, 11) is 0. The number of nitrogens with one attached hydrogen (secondary N) is 1. The van der Waals surface area contributed by atoms with Crippen molar-refractivity contribution >= 4 is 40.0 Å². The van der Waals surface area contributed by atoms with Gasteiger partial charge in [-0.2, -0.15) is 0 Å². The van der Waals surface area contributed by atoms with Gasteiger partial charge in [0.1, 0.15) is 5.78 Å². The predicted molar refractivity (Wildman–Crippen MR) is 128 cm³/mol. The SMILES string of the molecule is NC1CC(n2c(NC(=O)c3ccc(C(F)F)s3)nc3cc(CC(=O)C4CCCCC4)ccc32)C1. The molecule has 2 heterocycles. The van der Waals surface area contributed by atoms with E-state index in [4.69, 9.17) is 5.73 Å². The Hall–Kier alpha value is -2.65. The van der Waals surface area contributed by atoms with Crippen molar-refractivity contribution in [2.24, 2.45) is 11.7 Å². The van der Waals surface area contributed by atoms with E-state index in [1.807, 2.05) is 22.8 Å². The zero-order valence-electron chi connectivity index (χ0n) is 18.8. The molecule has 180 valence electrons. The van der Waals surface area contributed by atoms with Crippen LogP contribution in [-0.4, -0.2) is 27.3 Å². The van der Waals surface area contributed by atoms with Crippen LogP contribution in [0.15, 0.2) is 30.3 Å². The molecule has 0 radical (unpaired) electrons. The number of nitrogens with zero attached hydrogens (tertiary/aromatic N) is 2. The van der Waals surface area contributed by atoms with E-state index >= 15 is 0 Å². The Morgan fingerprint density at radius 2 is 1.91 bits per heavy atom. The first kappa shape index (κ1) is 23.1. The molecule has 0 aliphatic heterocycles. The summed E-state index contributed by atoms with van der Waals surface area (Å²) in [5.74, 6) is 0.339. The summed E-state index contributed by atoms with van der Waals surface area (Å²) < 4.78 is 27.9. The number of rotatable bonds is 7. The first-order valence-electron chi connectivity index (χ1n) is 11.9. The summed E-state index contributed by atoms with van der Waals surface area (Å²) in [4.78, 5) is 30.3. The minimum atomic E-state index is -2.61. The maximum Gasteiger partial charge on any atom is 0.272 e. The second-order valence-electron chi connectivity index (χ2n) is 9.45. The van der Waals surface area contributed by atoms with Gasteiger partial charge in [0.2, 0.25) is 5.95 Å². The highest BCUT2D eigenvalue weighted by atomic mass is 32.1. The minimum absolute atomic E-state index is 0.101. The molecule has 0 spiro atoms. The molecule has 2 aliphatic rings. The number of anilines is 1. The number of alkyl halides is 2. The van der Waals surface area contributed by atoms with Gasteiger partial charge in [0.15, 0.2) is 0 Å². The zero-order chi connectivity index (χ0) is 23.8. The third kappa shape index (κ3) is 4.63. The maximum atomic E-state index is 12.9. The topological polar surface area (TPSA) is 90.0 Å². The van der Waals surface area contributed by atoms with Crippen LogP contribution < -0.4 is 11.1 Å². The number of carbonyl (C=O) groups excluding carboxylic acids is 2. The van der Waals surface area contributed by atoms with Crippen LogP contribution in [0.3, 0.4) is 0 Å². The van der Waals surface area contributed by atoms with E-state index in [-0.39, 0.29) is 33.5 Å². The summed E-state index contributed by atoms with van der Waals surface area (Å²) in [6.45, 7) is 0. The van der Waals surface area contributed by atoms with Crippen molar-refractivity contribution in [3.05, 3.63) is 45.6 Å². The van der Waals surface area contributed by atoms with E-state index in [9.17, 15) is 18.4 Å². The number of hydrogen-bond acceptors (Lipinski definition) is 5. The van der Waals surface area contributed by atoms with Gasteiger partial charge in [-0.1, -0.05) is 25.3 Å². The van der Waals surface area contributed by atoms with Crippen molar-refractivity contribution in [1.82, 2.24) is 9.55 Å². The molecule has 9 heteroatoms. The van der Waals surface area contributed by atoms with Gasteiger partial charge in [-0.25, -0.2) is 13.8 Å². The lowest BCUT2D eigenvalue weighted by atomic mass is 9.84. The van der Waals surface area contributed by atoms with Gasteiger partial charge in [-0.05, 0) is 55.5 Å². The van der Waals surface area contributed by atoms with E-state index in [1.165, 1.54) is 18.6 Å². The molecule has 0 bridgehead atoms. The fourth-order valence-corrected chi connectivity index (χ4v) is 5.84. The molecule has 2 aliphatic carbocycles. The molecule has 2 aromatic heterocycles. The molecule has 0 saturated heterocycles. The number of carbonyl (C=O) groups is 2. The van der Waals surface area contributed by atoms with E-state index in [0.717, 1.165) is 60.9 Å². The molecule has 3 N–H and O–H groups in total. The molecule has 3 aromatic rings. The van der Waals surface area contributed by atoms with Crippen LogP contribution in [-0.2, 0) is 11.2 Å². The first-order chi connectivity index (χ1) is 16.4. The third-order valence-electron chi connectivity index (χ3n) is 7.00. The molecule has 1 amide bonds.